The van der Waals surface area contributed by atoms with E-state index in [4.69, 9.17) is 19.7 Å². The van der Waals surface area contributed by atoms with Gasteiger partial charge in [0, 0.05) is 0 Å². The largest absolute Gasteiger partial charge is 0.394 e. The van der Waals surface area contributed by atoms with Crippen molar-refractivity contribution < 1.29 is 29.3 Å². The highest BCUT2D eigenvalue weighted by Gasteiger charge is 2.25. The van der Waals surface area contributed by atoms with Crippen molar-refractivity contribution in [2.24, 2.45) is 0 Å². The highest BCUT2D eigenvalue weighted by atomic mass is 16.5. The molecular weight excluding hydrogens is 278 g/mol. The van der Waals surface area contributed by atoms with Gasteiger partial charge in [0.2, 0.25) is 0 Å². The number of aliphatic hydroxyl groups excluding tert-OH is 2. The van der Waals surface area contributed by atoms with E-state index in [1.807, 2.05) is 0 Å². The van der Waals surface area contributed by atoms with Gasteiger partial charge in [-0.25, -0.2) is 0 Å². The first kappa shape index (κ1) is 17.3. The number of nitrogens with one attached hydrogen (secondary N) is 1. The number of imide groups is 1. The van der Waals surface area contributed by atoms with E-state index in [0.717, 1.165) is 0 Å². The van der Waals surface area contributed by atoms with E-state index in [9.17, 15) is 9.59 Å². The fourth-order valence-electron chi connectivity index (χ4n) is 1.57. The second kappa shape index (κ2) is 10.0. The number of hydrogen-bond acceptors (Lipinski definition) is 6. The molecule has 7 heteroatoms. The molecule has 0 fully saturated rings. The van der Waals surface area contributed by atoms with Crippen LogP contribution in [0.4, 0.5) is 0 Å². The Labute approximate surface area is 122 Å². The Bertz CT molecular complexity index is 422. The van der Waals surface area contributed by atoms with Crippen molar-refractivity contribution in [2.45, 2.75) is 0 Å². The Morgan fingerprint density at radius 2 is 1.24 bits per heavy atom. The number of benzene rings is 1. The Morgan fingerprint density at radius 3 is 1.62 bits per heavy atom. The van der Waals surface area contributed by atoms with Gasteiger partial charge in [0.25, 0.3) is 11.8 Å². The number of ether oxygens (including phenoxy) is 2. The van der Waals surface area contributed by atoms with Crippen molar-refractivity contribution >= 4 is 11.8 Å². The predicted octanol–water partition coefficient (Wildman–Crippen LogP) is -0.426. The number of carbonyl (C=O) groups is 2. The first-order valence-corrected chi connectivity index (χ1v) is 6.52. The van der Waals surface area contributed by atoms with Gasteiger partial charge in [-0.2, -0.15) is 0 Å². The highest BCUT2D eigenvalue weighted by molar-refractivity contribution is 6.21. The average molecular weight is 297 g/mol. The Hall–Kier alpha value is -1.80. The number of carbonyl (C=O) groups excluding carboxylic acids is 2. The molecule has 21 heavy (non-hydrogen) atoms. The molecule has 0 saturated carbocycles. The van der Waals surface area contributed by atoms with Crippen LogP contribution in [0, 0.1) is 0 Å². The summed E-state index contributed by atoms with van der Waals surface area (Å²) in [5, 5.41) is 18.7. The summed E-state index contributed by atoms with van der Waals surface area (Å²) in [4.78, 5) is 21.9. The molecule has 116 valence electrons. The van der Waals surface area contributed by atoms with Crippen LogP contribution in [0.2, 0.25) is 0 Å². The van der Waals surface area contributed by atoms with Gasteiger partial charge in [0.1, 0.15) is 0 Å². The zero-order valence-corrected chi connectivity index (χ0v) is 11.6. The quantitative estimate of drug-likeness (QED) is 0.466. The highest BCUT2D eigenvalue weighted by Crippen LogP contribution is 2.13. The van der Waals surface area contributed by atoms with Crippen LogP contribution >= 0.6 is 0 Å². The summed E-state index contributed by atoms with van der Waals surface area (Å²) < 4.78 is 9.75. The summed E-state index contributed by atoms with van der Waals surface area (Å²) in [6.07, 6.45) is 0. The summed E-state index contributed by atoms with van der Waals surface area (Å²) in [6, 6.07) is 6.74. The lowest BCUT2D eigenvalue weighted by atomic mass is 10.1. The first-order chi connectivity index (χ1) is 10.2. The lowest BCUT2D eigenvalue weighted by Crippen LogP contribution is -2.19. The smallest absolute Gasteiger partial charge is 0.258 e. The molecule has 0 bridgehead atoms. The van der Waals surface area contributed by atoms with Gasteiger partial charge in [-0.15, -0.1) is 0 Å². The molecule has 0 aromatic heterocycles. The van der Waals surface area contributed by atoms with E-state index in [2.05, 4.69) is 5.32 Å². The number of amides is 2. The summed E-state index contributed by atoms with van der Waals surface area (Å²) in [5.74, 6) is -0.601. The van der Waals surface area contributed by atoms with Crippen molar-refractivity contribution in [3.63, 3.8) is 0 Å². The van der Waals surface area contributed by atoms with E-state index in [1.54, 1.807) is 24.3 Å². The topological polar surface area (TPSA) is 105 Å². The molecule has 3 N–H and O–H groups in total. The molecule has 0 saturated heterocycles. The zero-order chi connectivity index (χ0) is 15.5. The number of hydrogen-bond donors (Lipinski definition) is 3. The number of rotatable bonds is 7. The van der Waals surface area contributed by atoms with E-state index in [0.29, 0.717) is 37.6 Å². The van der Waals surface area contributed by atoms with Crippen molar-refractivity contribution in [3.8, 4) is 0 Å². The van der Waals surface area contributed by atoms with Crippen molar-refractivity contribution in [2.75, 3.05) is 39.6 Å². The van der Waals surface area contributed by atoms with Gasteiger partial charge in [-0.05, 0) is 12.1 Å². The molecule has 0 aliphatic carbocycles. The van der Waals surface area contributed by atoms with Crippen LogP contribution in [0.25, 0.3) is 0 Å². The molecule has 2 amide bonds. The molecule has 0 unspecified atom stereocenters. The molecule has 2 rings (SSSR count). The molecular formula is C14H19NO6. The van der Waals surface area contributed by atoms with E-state index in [-0.39, 0.29) is 25.0 Å². The summed E-state index contributed by atoms with van der Waals surface area (Å²) >= 11 is 0. The zero-order valence-electron chi connectivity index (χ0n) is 11.6. The minimum Gasteiger partial charge on any atom is -0.394 e. The van der Waals surface area contributed by atoms with Gasteiger partial charge >= 0.3 is 0 Å². The Balaban J connectivity index is 0.000000212. The van der Waals surface area contributed by atoms with Gasteiger partial charge < -0.3 is 19.7 Å². The first-order valence-electron chi connectivity index (χ1n) is 6.52. The third-order valence-electron chi connectivity index (χ3n) is 2.49. The Morgan fingerprint density at radius 1 is 0.810 bits per heavy atom. The molecule has 1 aromatic rings. The second-order valence-corrected chi connectivity index (χ2v) is 4.00. The van der Waals surface area contributed by atoms with Crippen LogP contribution in [0.15, 0.2) is 24.3 Å². The fraction of sp³-hybridized carbons (Fsp3) is 0.429. The standard InChI is InChI=1S/C8H5NO2.C6H14O4/c10-7-5-3-1-2-4-6(5)8(11)9-7;7-1-3-9-5-6-10-4-2-8/h1-4H,(H,9,10,11);7-8H,1-6H2. The molecule has 7 nitrogen and oxygen atoms in total. The lowest BCUT2D eigenvalue weighted by Gasteiger charge is -2.01. The van der Waals surface area contributed by atoms with Crippen LogP contribution in [-0.4, -0.2) is 61.7 Å². The minimum atomic E-state index is -0.300. The summed E-state index contributed by atoms with van der Waals surface area (Å²) in [6.45, 7) is 1.73. The molecule has 1 aromatic carbocycles. The number of fused-ring (bicyclic) bond motifs is 1. The summed E-state index contributed by atoms with van der Waals surface area (Å²) in [5.41, 5.74) is 0.940. The van der Waals surface area contributed by atoms with E-state index >= 15 is 0 Å². The van der Waals surface area contributed by atoms with Crippen molar-refractivity contribution in [1.82, 2.24) is 5.32 Å². The third kappa shape index (κ3) is 6.01. The molecule has 0 radical (unpaired) electrons. The van der Waals surface area contributed by atoms with Crippen LogP contribution in [-0.2, 0) is 9.47 Å². The monoisotopic (exact) mass is 297 g/mol. The maximum Gasteiger partial charge on any atom is 0.258 e. The van der Waals surface area contributed by atoms with Gasteiger partial charge in [-0.3, -0.25) is 14.9 Å². The SMILES string of the molecule is O=C1NC(=O)c2ccccc21.OCCOCCOCCO. The van der Waals surface area contributed by atoms with Gasteiger partial charge in [0.05, 0.1) is 50.8 Å². The maximum absolute atomic E-state index is 10.9. The van der Waals surface area contributed by atoms with E-state index < -0.39 is 0 Å². The van der Waals surface area contributed by atoms with Gasteiger partial charge in [-0.1, -0.05) is 12.1 Å². The van der Waals surface area contributed by atoms with Crippen LogP contribution in [0.1, 0.15) is 20.7 Å². The second-order valence-electron chi connectivity index (χ2n) is 4.00. The fourth-order valence-corrected chi connectivity index (χ4v) is 1.57. The minimum absolute atomic E-state index is 0.0417. The molecule has 1 aliphatic heterocycles. The molecule has 1 aliphatic rings. The number of aliphatic hydroxyl groups is 2. The van der Waals surface area contributed by atoms with Crippen LogP contribution < -0.4 is 5.32 Å². The van der Waals surface area contributed by atoms with Crippen LogP contribution in [0.5, 0.6) is 0 Å². The van der Waals surface area contributed by atoms with E-state index in [1.165, 1.54) is 0 Å². The van der Waals surface area contributed by atoms with Crippen molar-refractivity contribution in [1.29, 1.82) is 0 Å². The maximum atomic E-state index is 10.9. The van der Waals surface area contributed by atoms with Crippen molar-refractivity contribution in [3.05, 3.63) is 35.4 Å². The Kier molecular flexibility index (Phi) is 8.22. The lowest BCUT2D eigenvalue weighted by molar-refractivity contribution is 0.0222. The normalized spacial score (nSPS) is 12.5. The van der Waals surface area contributed by atoms with Crippen LogP contribution in [0.3, 0.4) is 0 Å². The predicted molar refractivity (Wildman–Crippen MR) is 74.0 cm³/mol. The average Bonchev–Trinajstić information content (AvgIpc) is 2.79. The molecule has 0 atom stereocenters. The van der Waals surface area contributed by atoms with Gasteiger partial charge in [0.15, 0.2) is 0 Å². The molecule has 1 heterocycles. The molecule has 0 spiro atoms. The third-order valence-corrected chi connectivity index (χ3v) is 2.49. The summed E-state index contributed by atoms with van der Waals surface area (Å²) in [7, 11) is 0.